The van der Waals surface area contributed by atoms with Gasteiger partial charge in [0, 0.05) is 12.5 Å². The number of aliphatic carboxylic acids is 1. The van der Waals surface area contributed by atoms with Crippen LogP contribution in [0.5, 0.6) is 17.4 Å². The van der Waals surface area contributed by atoms with Gasteiger partial charge in [-0.2, -0.15) is 4.98 Å². The Morgan fingerprint density at radius 1 is 1.45 bits per heavy atom. The van der Waals surface area contributed by atoms with E-state index in [2.05, 4.69) is 9.97 Å². The van der Waals surface area contributed by atoms with Gasteiger partial charge in [0.25, 0.3) is 0 Å². The molecule has 20 heavy (non-hydrogen) atoms. The molecule has 1 aliphatic heterocycles. The number of hydrogen-bond acceptors (Lipinski definition) is 5. The van der Waals surface area contributed by atoms with Gasteiger partial charge < -0.3 is 14.6 Å². The van der Waals surface area contributed by atoms with Crippen LogP contribution < -0.4 is 9.47 Å². The Balaban J connectivity index is 1.81. The summed E-state index contributed by atoms with van der Waals surface area (Å²) in [5.74, 6) is 0.255. The second-order valence-electron chi connectivity index (χ2n) is 4.20. The van der Waals surface area contributed by atoms with E-state index >= 15 is 0 Å². The fraction of sp³-hybridized carbons (Fsp3) is 0.154. The first kappa shape index (κ1) is 12.7. The average molecular weight is 293 g/mol. The molecular weight excluding hydrogens is 284 g/mol. The third-order valence-corrected chi connectivity index (χ3v) is 2.98. The maximum Gasteiger partial charge on any atom is 0.345 e. The minimum atomic E-state index is -0.982. The molecule has 2 aromatic rings. The van der Waals surface area contributed by atoms with Crippen molar-refractivity contribution in [1.82, 2.24) is 9.97 Å². The summed E-state index contributed by atoms with van der Waals surface area (Å²) >= 11 is 5.72. The fourth-order valence-corrected chi connectivity index (χ4v) is 2.04. The molecule has 0 amide bonds. The Morgan fingerprint density at radius 2 is 2.30 bits per heavy atom. The molecule has 0 radical (unpaired) electrons. The number of nitrogens with zero attached hydrogens (tertiary/aromatic N) is 2. The quantitative estimate of drug-likeness (QED) is 0.935. The van der Waals surface area contributed by atoms with Crippen molar-refractivity contribution < 1.29 is 19.4 Å². The maximum absolute atomic E-state index is 10.9. The maximum atomic E-state index is 10.9. The number of ether oxygens (including phenoxy) is 2. The van der Waals surface area contributed by atoms with Gasteiger partial charge in [0.1, 0.15) is 11.5 Å². The lowest BCUT2D eigenvalue weighted by Crippen LogP contribution is -2.24. The molecule has 7 heteroatoms. The van der Waals surface area contributed by atoms with Crippen LogP contribution in [0.2, 0.25) is 5.15 Å². The van der Waals surface area contributed by atoms with Gasteiger partial charge in [-0.3, -0.25) is 4.98 Å². The predicted octanol–water partition coefficient (Wildman–Crippen LogP) is 2.31. The van der Waals surface area contributed by atoms with E-state index in [0.29, 0.717) is 17.9 Å². The van der Waals surface area contributed by atoms with Crippen LogP contribution in [0.3, 0.4) is 0 Å². The van der Waals surface area contributed by atoms with Crippen molar-refractivity contribution >= 4 is 17.6 Å². The molecule has 1 aliphatic rings. The molecule has 0 aliphatic carbocycles. The van der Waals surface area contributed by atoms with Gasteiger partial charge in [-0.1, -0.05) is 17.7 Å². The van der Waals surface area contributed by atoms with E-state index < -0.39 is 12.1 Å². The van der Waals surface area contributed by atoms with Crippen LogP contribution in [0.4, 0.5) is 0 Å². The Labute approximate surface area is 119 Å². The van der Waals surface area contributed by atoms with E-state index in [0.717, 1.165) is 5.56 Å². The van der Waals surface area contributed by atoms with Gasteiger partial charge in [-0.15, -0.1) is 0 Å². The SMILES string of the molecule is O=C(O)C1Cc2ccc(Oc3cncc(Cl)n3)cc2O1. The highest BCUT2D eigenvalue weighted by Gasteiger charge is 2.29. The van der Waals surface area contributed by atoms with Gasteiger partial charge in [0.15, 0.2) is 11.3 Å². The highest BCUT2D eigenvalue weighted by Crippen LogP contribution is 2.33. The molecule has 0 spiro atoms. The van der Waals surface area contributed by atoms with Crippen molar-refractivity contribution in [2.45, 2.75) is 12.5 Å². The van der Waals surface area contributed by atoms with Crippen LogP contribution in [0, 0.1) is 0 Å². The second kappa shape index (κ2) is 4.97. The van der Waals surface area contributed by atoms with E-state index in [9.17, 15) is 4.79 Å². The number of hydrogen-bond donors (Lipinski definition) is 1. The molecule has 0 saturated carbocycles. The Kier molecular flexibility index (Phi) is 3.15. The van der Waals surface area contributed by atoms with E-state index in [-0.39, 0.29) is 11.0 Å². The lowest BCUT2D eigenvalue weighted by atomic mass is 10.1. The van der Waals surface area contributed by atoms with Crippen molar-refractivity contribution in [3.63, 3.8) is 0 Å². The minimum absolute atomic E-state index is 0.228. The molecule has 0 saturated heterocycles. The number of benzene rings is 1. The molecule has 3 rings (SSSR count). The summed E-state index contributed by atoms with van der Waals surface area (Å²) in [6.07, 6.45) is 2.34. The molecule has 1 aromatic carbocycles. The zero-order valence-corrected chi connectivity index (χ0v) is 10.9. The van der Waals surface area contributed by atoms with Gasteiger partial charge in [-0.25, -0.2) is 4.79 Å². The lowest BCUT2D eigenvalue weighted by molar-refractivity contribution is -0.144. The standard InChI is InChI=1S/C13H9ClN2O4/c14-11-5-15-6-12(16-11)19-8-2-1-7-3-10(13(17)18)20-9(7)4-8/h1-2,4-6,10H,3H2,(H,17,18). The molecule has 1 aromatic heterocycles. The van der Waals surface area contributed by atoms with Crippen LogP contribution in [-0.4, -0.2) is 27.1 Å². The molecule has 6 nitrogen and oxygen atoms in total. The zero-order chi connectivity index (χ0) is 14.1. The number of carboxylic acid groups (broad SMARTS) is 1. The molecule has 0 fully saturated rings. The number of carboxylic acids is 1. The summed E-state index contributed by atoms with van der Waals surface area (Å²) < 4.78 is 10.8. The molecule has 1 N–H and O–H groups in total. The Morgan fingerprint density at radius 3 is 3.05 bits per heavy atom. The number of aromatic nitrogens is 2. The lowest BCUT2D eigenvalue weighted by Gasteiger charge is -2.07. The summed E-state index contributed by atoms with van der Waals surface area (Å²) in [7, 11) is 0. The van der Waals surface area contributed by atoms with Gasteiger partial charge in [-0.05, 0) is 11.6 Å². The fourth-order valence-electron chi connectivity index (χ4n) is 1.90. The second-order valence-corrected chi connectivity index (χ2v) is 4.59. The van der Waals surface area contributed by atoms with Crippen LogP contribution >= 0.6 is 11.6 Å². The summed E-state index contributed by atoms with van der Waals surface area (Å²) in [5.41, 5.74) is 0.835. The zero-order valence-electron chi connectivity index (χ0n) is 10.1. The number of fused-ring (bicyclic) bond motifs is 1. The number of rotatable bonds is 3. The monoisotopic (exact) mass is 292 g/mol. The van der Waals surface area contributed by atoms with Gasteiger partial charge in [0.2, 0.25) is 5.88 Å². The van der Waals surface area contributed by atoms with Gasteiger partial charge >= 0.3 is 5.97 Å². The van der Waals surface area contributed by atoms with E-state index in [1.165, 1.54) is 12.4 Å². The van der Waals surface area contributed by atoms with Crippen molar-refractivity contribution in [2.24, 2.45) is 0 Å². The van der Waals surface area contributed by atoms with Crippen LogP contribution in [-0.2, 0) is 11.2 Å². The average Bonchev–Trinajstić information content (AvgIpc) is 2.82. The number of carbonyl (C=O) groups is 1. The molecule has 102 valence electrons. The van der Waals surface area contributed by atoms with Crippen molar-refractivity contribution in [2.75, 3.05) is 0 Å². The molecule has 0 bridgehead atoms. The van der Waals surface area contributed by atoms with Crippen molar-refractivity contribution in [3.05, 3.63) is 41.3 Å². The smallest absolute Gasteiger partial charge is 0.345 e. The predicted molar refractivity (Wildman–Crippen MR) is 69.3 cm³/mol. The van der Waals surface area contributed by atoms with Crippen LogP contribution in [0.15, 0.2) is 30.6 Å². The topological polar surface area (TPSA) is 81.5 Å². The van der Waals surface area contributed by atoms with E-state index in [4.69, 9.17) is 26.2 Å². The summed E-state index contributed by atoms with van der Waals surface area (Å²) in [4.78, 5) is 18.7. The molecule has 1 unspecified atom stereocenters. The summed E-state index contributed by atoms with van der Waals surface area (Å²) in [6.45, 7) is 0. The molecule has 2 heterocycles. The third-order valence-electron chi connectivity index (χ3n) is 2.79. The third kappa shape index (κ3) is 2.50. The largest absolute Gasteiger partial charge is 0.478 e. The highest BCUT2D eigenvalue weighted by atomic mass is 35.5. The highest BCUT2D eigenvalue weighted by molar-refractivity contribution is 6.29. The Hall–Kier alpha value is -2.34. The molecule has 1 atom stereocenters. The Bertz CT molecular complexity index is 677. The van der Waals surface area contributed by atoms with E-state index in [1.54, 1.807) is 18.2 Å². The van der Waals surface area contributed by atoms with E-state index in [1.807, 2.05) is 0 Å². The summed E-state index contributed by atoms with van der Waals surface area (Å²) in [5, 5.41) is 9.16. The molecular formula is C13H9ClN2O4. The van der Waals surface area contributed by atoms with Crippen molar-refractivity contribution in [1.29, 1.82) is 0 Å². The summed E-state index contributed by atoms with van der Waals surface area (Å²) in [6, 6.07) is 5.11. The minimum Gasteiger partial charge on any atom is -0.478 e. The van der Waals surface area contributed by atoms with Gasteiger partial charge in [0.05, 0.1) is 12.4 Å². The van der Waals surface area contributed by atoms with Crippen LogP contribution in [0.25, 0.3) is 0 Å². The normalized spacial score (nSPS) is 16.4. The number of halogens is 1. The first-order chi connectivity index (χ1) is 9.61. The van der Waals surface area contributed by atoms with Crippen LogP contribution in [0.1, 0.15) is 5.56 Å². The first-order valence-corrected chi connectivity index (χ1v) is 6.17. The van der Waals surface area contributed by atoms with Crippen molar-refractivity contribution in [3.8, 4) is 17.4 Å². The first-order valence-electron chi connectivity index (χ1n) is 5.79.